The van der Waals surface area contributed by atoms with Gasteiger partial charge in [0.2, 0.25) is 5.60 Å². The van der Waals surface area contributed by atoms with E-state index in [4.69, 9.17) is 9.47 Å². The quantitative estimate of drug-likeness (QED) is 0.174. The van der Waals surface area contributed by atoms with Crippen LogP contribution in [0.15, 0.2) is 30.3 Å². The summed E-state index contributed by atoms with van der Waals surface area (Å²) in [5.41, 5.74) is -5.63. The lowest BCUT2D eigenvalue weighted by Gasteiger charge is -2.63. The van der Waals surface area contributed by atoms with Gasteiger partial charge in [0.05, 0.1) is 36.6 Å². The van der Waals surface area contributed by atoms with Gasteiger partial charge in [0.25, 0.3) is 0 Å². The highest BCUT2D eigenvalue weighted by atomic mass is 19.4. The molecule has 4 aliphatic carbocycles. The molecule has 280 valence electrons. The molecule has 0 aromatic heterocycles. The maximum Gasteiger partial charge on any atom is 0.426 e. The largest absolute Gasteiger partial charge is 0.426 e. The number of rotatable bonds is 11. The van der Waals surface area contributed by atoms with Crippen LogP contribution < -0.4 is 0 Å². The van der Waals surface area contributed by atoms with Crippen LogP contribution in [0.4, 0.5) is 13.2 Å². The van der Waals surface area contributed by atoms with E-state index in [2.05, 4.69) is 20.8 Å². The number of methoxy groups -OCH3 is 1. The SMILES string of the molecule is CO[C@](c1ccccc1)(C(O)O[C@@](CO)(CC[C@@H](C)[C@H]1CC(O)C2[C@@H]3CC(O)C4[C@@H](O)[C@@H](O)CC[C@]4(C)[C@H]3CC[C@@]21C)C(C)C)C(F)(F)F. The minimum absolute atomic E-state index is 0.000890. The van der Waals surface area contributed by atoms with Crippen LogP contribution in [0.25, 0.3) is 0 Å². The molecule has 0 saturated heterocycles. The first kappa shape index (κ1) is 38.9. The van der Waals surface area contributed by atoms with Crippen molar-refractivity contribution < 1.29 is 53.3 Å². The van der Waals surface area contributed by atoms with Crippen molar-refractivity contribution in [3.63, 3.8) is 0 Å². The zero-order valence-electron chi connectivity index (χ0n) is 29.8. The molecule has 0 amide bonds. The second-order valence-electron chi connectivity index (χ2n) is 16.8. The van der Waals surface area contributed by atoms with Gasteiger partial charge in [-0.2, -0.15) is 13.2 Å². The molecule has 0 heterocycles. The van der Waals surface area contributed by atoms with Gasteiger partial charge in [-0.3, -0.25) is 0 Å². The lowest BCUT2D eigenvalue weighted by atomic mass is 9.43. The Morgan fingerprint density at radius 2 is 1.49 bits per heavy atom. The Hall–Kier alpha value is -1.31. The predicted octanol–water partition coefficient (Wildman–Crippen LogP) is 5.16. The fourth-order valence-corrected chi connectivity index (χ4v) is 11.6. The van der Waals surface area contributed by atoms with Crippen LogP contribution in [0.5, 0.6) is 0 Å². The molecule has 15 atom stereocenters. The van der Waals surface area contributed by atoms with Gasteiger partial charge < -0.3 is 40.1 Å². The van der Waals surface area contributed by atoms with E-state index in [9.17, 15) is 43.8 Å². The molecule has 8 nitrogen and oxygen atoms in total. The second kappa shape index (κ2) is 13.9. The highest BCUT2D eigenvalue weighted by Gasteiger charge is 2.67. The van der Waals surface area contributed by atoms with E-state index in [-0.39, 0.29) is 52.4 Å². The predicted molar refractivity (Wildman–Crippen MR) is 177 cm³/mol. The molecule has 5 rings (SSSR count). The highest BCUT2D eigenvalue weighted by molar-refractivity contribution is 5.26. The number of hydrogen-bond acceptors (Lipinski definition) is 8. The second-order valence-corrected chi connectivity index (χ2v) is 16.8. The first-order valence-corrected chi connectivity index (χ1v) is 18.2. The molecule has 4 aliphatic rings. The Morgan fingerprint density at radius 3 is 2.06 bits per heavy atom. The molecule has 0 bridgehead atoms. The Labute approximate surface area is 289 Å². The topological polar surface area (TPSA) is 140 Å². The van der Waals surface area contributed by atoms with E-state index in [1.54, 1.807) is 19.9 Å². The molecule has 0 radical (unpaired) electrons. The number of alkyl halides is 3. The van der Waals surface area contributed by atoms with Gasteiger partial charge in [-0.25, -0.2) is 0 Å². The molecular formula is C38H59F3O8. The van der Waals surface area contributed by atoms with Crippen LogP contribution in [0.3, 0.4) is 0 Å². The lowest BCUT2D eigenvalue weighted by molar-refractivity contribution is -0.373. The molecule has 6 N–H and O–H groups in total. The minimum Gasteiger partial charge on any atom is -0.393 e. The lowest BCUT2D eigenvalue weighted by Crippen LogP contribution is -2.63. The number of ether oxygens (including phenoxy) is 2. The third kappa shape index (κ3) is 6.19. The number of aliphatic hydroxyl groups is 6. The maximum atomic E-state index is 14.8. The van der Waals surface area contributed by atoms with Gasteiger partial charge in [0, 0.05) is 13.0 Å². The van der Waals surface area contributed by atoms with Crippen molar-refractivity contribution in [1.82, 2.24) is 0 Å². The first-order valence-electron chi connectivity index (χ1n) is 18.2. The summed E-state index contributed by atoms with van der Waals surface area (Å²) >= 11 is 0. The number of halogens is 3. The molecule has 1 aromatic rings. The Bertz CT molecular complexity index is 1270. The third-order valence-electron chi connectivity index (χ3n) is 14.4. The summed E-state index contributed by atoms with van der Waals surface area (Å²) in [5.74, 6) is -0.627. The van der Waals surface area contributed by atoms with Crippen molar-refractivity contribution in [2.45, 2.75) is 134 Å². The van der Waals surface area contributed by atoms with Gasteiger partial charge in [-0.1, -0.05) is 65.0 Å². The molecule has 4 saturated carbocycles. The molecule has 4 fully saturated rings. The summed E-state index contributed by atoms with van der Waals surface area (Å²) < 4.78 is 55.3. The average molecular weight is 701 g/mol. The summed E-state index contributed by atoms with van der Waals surface area (Å²) in [6, 6.07) is 6.88. The van der Waals surface area contributed by atoms with Crippen molar-refractivity contribution in [1.29, 1.82) is 0 Å². The zero-order chi connectivity index (χ0) is 36.3. The van der Waals surface area contributed by atoms with Gasteiger partial charge in [0.1, 0.15) is 0 Å². The number of benzene rings is 1. The monoisotopic (exact) mass is 700 g/mol. The fraction of sp³-hybridized carbons (Fsp3) is 0.842. The van der Waals surface area contributed by atoms with Crippen LogP contribution in [0.1, 0.15) is 91.5 Å². The Balaban J connectivity index is 1.36. The normalized spacial score (nSPS) is 41.6. The average Bonchev–Trinajstić information content (AvgIpc) is 3.31. The van der Waals surface area contributed by atoms with E-state index in [1.807, 2.05) is 0 Å². The molecule has 11 heteroatoms. The fourth-order valence-electron chi connectivity index (χ4n) is 11.6. The van der Waals surface area contributed by atoms with Gasteiger partial charge in [-0.15, -0.1) is 0 Å². The molecular weight excluding hydrogens is 641 g/mol. The maximum absolute atomic E-state index is 14.8. The Kier molecular flexibility index (Phi) is 11.1. The van der Waals surface area contributed by atoms with Crippen LogP contribution in [-0.4, -0.2) is 86.8 Å². The van der Waals surface area contributed by atoms with Crippen LogP contribution >= 0.6 is 0 Å². The first-order chi connectivity index (χ1) is 22.8. The van der Waals surface area contributed by atoms with Gasteiger partial charge in [0.15, 0.2) is 6.29 Å². The van der Waals surface area contributed by atoms with E-state index in [0.29, 0.717) is 32.1 Å². The summed E-state index contributed by atoms with van der Waals surface area (Å²) in [6.45, 7) is 9.33. The van der Waals surface area contributed by atoms with Crippen molar-refractivity contribution >= 4 is 0 Å². The van der Waals surface area contributed by atoms with Gasteiger partial charge in [-0.05, 0) is 103 Å². The summed E-state index contributed by atoms with van der Waals surface area (Å²) in [5, 5.41) is 66.4. The number of hydrogen-bond donors (Lipinski definition) is 6. The number of fused-ring (bicyclic) bond motifs is 5. The number of aliphatic hydroxyl groups excluding tert-OH is 6. The molecule has 0 spiro atoms. The molecule has 49 heavy (non-hydrogen) atoms. The van der Waals surface area contributed by atoms with Crippen LogP contribution in [0, 0.1) is 52.3 Å². The third-order valence-corrected chi connectivity index (χ3v) is 14.4. The molecule has 0 aliphatic heterocycles. The molecule has 5 unspecified atom stereocenters. The van der Waals surface area contributed by atoms with Crippen LogP contribution in [0.2, 0.25) is 0 Å². The smallest absolute Gasteiger partial charge is 0.393 e. The minimum atomic E-state index is -5.05. The van der Waals surface area contributed by atoms with Crippen LogP contribution in [-0.2, 0) is 15.1 Å². The summed E-state index contributed by atoms with van der Waals surface area (Å²) in [7, 11) is 0.883. The molecule has 1 aromatic carbocycles. The van der Waals surface area contributed by atoms with Crippen molar-refractivity contribution in [2.24, 2.45) is 52.3 Å². The van der Waals surface area contributed by atoms with Crippen molar-refractivity contribution in [3.8, 4) is 0 Å². The van der Waals surface area contributed by atoms with Crippen molar-refractivity contribution in [3.05, 3.63) is 35.9 Å². The van der Waals surface area contributed by atoms with E-state index >= 15 is 0 Å². The summed E-state index contributed by atoms with van der Waals surface area (Å²) in [6.07, 6.45) is -6.14. The standard InChI is InChI=1S/C38H59F3O8/c1-21(2)36(20-42,49-33(47)37(48-6,38(39,40)41)23-10-8-7-9-11-23)17-12-22(3)26-19-29(45)30-24-18-28(44)31-32(46)27(43)14-16-34(31,4)25(24)13-15-35(26,30)5/h7-11,21-22,24-33,42-47H,12-20H2,1-6H3/t22-,24-,25+,26-,27+,28?,29?,30?,31?,32+,33?,34-,35-,36-,37-/m1/s1. The summed E-state index contributed by atoms with van der Waals surface area (Å²) in [4.78, 5) is 0. The van der Waals surface area contributed by atoms with E-state index in [1.165, 1.54) is 24.3 Å². The van der Waals surface area contributed by atoms with E-state index < -0.39 is 66.5 Å². The Morgan fingerprint density at radius 1 is 0.878 bits per heavy atom. The zero-order valence-corrected chi connectivity index (χ0v) is 29.8. The van der Waals surface area contributed by atoms with E-state index in [0.717, 1.165) is 20.0 Å². The highest BCUT2D eigenvalue weighted by Crippen LogP contribution is 2.68. The van der Waals surface area contributed by atoms with Crippen molar-refractivity contribution in [2.75, 3.05) is 13.7 Å². The van der Waals surface area contributed by atoms with Gasteiger partial charge >= 0.3 is 6.18 Å².